The van der Waals surface area contributed by atoms with Gasteiger partial charge in [-0.05, 0) is 41.3 Å². The van der Waals surface area contributed by atoms with Crippen molar-refractivity contribution in [1.29, 1.82) is 0 Å². The van der Waals surface area contributed by atoms with Gasteiger partial charge >= 0.3 is 0 Å². The van der Waals surface area contributed by atoms with E-state index in [1.54, 1.807) is 30.6 Å². The molecule has 0 saturated heterocycles. The Hall–Kier alpha value is -3.12. The Labute approximate surface area is 167 Å². The molecule has 5 nitrogen and oxygen atoms in total. The predicted molar refractivity (Wildman–Crippen MR) is 110 cm³/mol. The van der Waals surface area contributed by atoms with Gasteiger partial charge in [-0.1, -0.05) is 30.3 Å². The zero-order chi connectivity index (χ0) is 19.5. The zero-order valence-electron chi connectivity index (χ0n) is 15.7. The number of hydrogen-bond donors (Lipinski definition) is 0. The maximum Gasteiger partial charge on any atom is 0.274 e. The molecular weight excluding hydrogens is 372 g/mol. The smallest absolute Gasteiger partial charge is 0.274 e. The molecule has 142 valence electrons. The normalized spacial score (nSPS) is 16.0. The van der Waals surface area contributed by atoms with Crippen molar-refractivity contribution in [2.45, 2.75) is 12.5 Å². The molecule has 2 aromatic carbocycles. The van der Waals surface area contributed by atoms with E-state index in [0.29, 0.717) is 23.5 Å². The summed E-state index contributed by atoms with van der Waals surface area (Å²) in [5.74, 6) is 1.17. The number of benzene rings is 2. The third-order valence-corrected chi connectivity index (χ3v) is 5.66. The summed E-state index contributed by atoms with van der Waals surface area (Å²) in [6.07, 6.45) is 0.647. The second kappa shape index (κ2) is 7.86. The molecule has 1 amide bonds. The van der Waals surface area contributed by atoms with E-state index < -0.39 is 0 Å². The summed E-state index contributed by atoms with van der Waals surface area (Å²) in [6, 6.07) is 18.8. The van der Waals surface area contributed by atoms with Gasteiger partial charge in [0.15, 0.2) is 11.5 Å². The minimum atomic E-state index is -0.204. The van der Waals surface area contributed by atoms with Crippen LogP contribution in [0.5, 0.6) is 11.5 Å². The highest BCUT2D eigenvalue weighted by Gasteiger charge is 2.34. The van der Waals surface area contributed by atoms with E-state index >= 15 is 0 Å². The van der Waals surface area contributed by atoms with Gasteiger partial charge in [-0.15, -0.1) is 11.3 Å². The molecule has 0 N–H and O–H groups in total. The molecule has 1 atom stereocenters. The third kappa shape index (κ3) is 3.39. The van der Waals surface area contributed by atoms with Crippen LogP contribution in [0.3, 0.4) is 0 Å². The number of amides is 1. The SMILES string of the molecule is COc1ccc([C@H]2CC(c3cccs3)=NN2C(=O)c2ccccc2)cc1OC. The molecule has 0 fully saturated rings. The van der Waals surface area contributed by atoms with Crippen LogP contribution in [-0.4, -0.2) is 30.8 Å². The van der Waals surface area contributed by atoms with Crippen LogP contribution in [-0.2, 0) is 0 Å². The Morgan fingerprint density at radius 1 is 1.04 bits per heavy atom. The van der Waals surface area contributed by atoms with Crippen LogP contribution in [0.1, 0.15) is 33.3 Å². The summed E-state index contributed by atoms with van der Waals surface area (Å²) in [6.45, 7) is 0. The number of hydrogen-bond acceptors (Lipinski definition) is 5. The molecule has 2 heterocycles. The number of carbonyl (C=O) groups is 1. The van der Waals surface area contributed by atoms with Crippen molar-refractivity contribution in [3.05, 3.63) is 82.0 Å². The van der Waals surface area contributed by atoms with Gasteiger partial charge in [-0.2, -0.15) is 5.10 Å². The van der Waals surface area contributed by atoms with E-state index in [4.69, 9.17) is 14.6 Å². The monoisotopic (exact) mass is 392 g/mol. The Kier molecular flexibility index (Phi) is 5.12. The third-order valence-electron chi connectivity index (χ3n) is 4.74. The standard InChI is InChI=1S/C22H20N2O3S/c1-26-19-11-10-16(13-20(19)27-2)18-14-17(21-9-6-12-28-21)23-24(18)22(25)15-7-4-3-5-8-15/h3-13,18H,14H2,1-2H3/t18-/m1/s1. The Balaban J connectivity index is 1.73. The van der Waals surface area contributed by atoms with Crippen molar-refractivity contribution in [3.63, 3.8) is 0 Å². The first kappa shape index (κ1) is 18.3. The lowest BCUT2D eigenvalue weighted by Crippen LogP contribution is -2.27. The van der Waals surface area contributed by atoms with Crippen molar-refractivity contribution in [2.24, 2.45) is 5.10 Å². The fourth-order valence-corrected chi connectivity index (χ4v) is 4.04. The first-order chi connectivity index (χ1) is 13.7. The van der Waals surface area contributed by atoms with Crippen molar-refractivity contribution >= 4 is 23.0 Å². The fourth-order valence-electron chi connectivity index (χ4n) is 3.32. The molecule has 1 aromatic heterocycles. The van der Waals surface area contributed by atoms with Crippen LogP contribution in [0.15, 0.2) is 71.1 Å². The summed E-state index contributed by atoms with van der Waals surface area (Å²) in [5.41, 5.74) is 2.49. The number of hydrazone groups is 1. The van der Waals surface area contributed by atoms with E-state index in [2.05, 4.69) is 0 Å². The van der Waals surface area contributed by atoms with Gasteiger partial charge in [-0.3, -0.25) is 4.79 Å². The molecular formula is C22H20N2O3S. The van der Waals surface area contributed by atoms with Crippen molar-refractivity contribution in [3.8, 4) is 11.5 Å². The second-order valence-electron chi connectivity index (χ2n) is 6.37. The summed E-state index contributed by atoms with van der Waals surface area (Å²) >= 11 is 1.63. The number of methoxy groups -OCH3 is 2. The quantitative estimate of drug-likeness (QED) is 0.629. The molecule has 0 unspecified atom stereocenters. The molecule has 28 heavy (non-hydrogen) atoms. The lowest BCUT2D eigenvalue weighted by atomic mass is 10.00. The number of nitrogens with zero attached hydrogens (tertiary/aromatic N) is 2. The fraction of sp³-hybridized carbons (Fsp3) is 0.182. The van der Waals surface area contributed by atoms with Crippen LogP contribution >= 0.6 is 11.3 Å². The molecule has 1 aliphatic rings. The van der Waals surface area contributed by atoms with Crippen molar-refractivity contribution in [1.82, 2.24) is 5.01 Å². The van der Waals surface area contributed by atoms with Gasteiger partial charge in [0.1, 0.15) is 0 Å². The van der Waals surface area contributed by atoms with Gasteiger partial charge in [0.05, 0.1) is 30.9 Å². The molecule has 0 bridgehead atoms. The number of carbonyl (C=O) groups excluding carboxylic acids is 1. The molecule has 6 heteroatoms. The van der Waals surface area contributed by atoms with Crippen LogP contribution in [0.2, 0.25) is 0 Å². The molecule has 4 rings (SSSR count). The average Bonchev–Trinajstić information content (AvgIpc) is 3.43. The lowest BCUT2D eigenvalue weighted by molar-refractivity contribution is 0.0711. The highest BCUT2D eigenvalue weighted by molar-refractivity contribution is 7.12. The molecule has 3 aromatic rings. The summed E-state index contributed by atoms with van der Waals surface area (Å²) in [7, 11) is 3.22. The Bertz CT molecular complexity index is 1000. The van der Waals surface area contributed by atoms with E-state index in [1.165, 1.54) is 0 Å². The molecule has 0 radical (unpaired) electrons. The molecule has 0 saturated carbocycles. The van der Waals surface area contributed by atoms with Crippen molar-refractivity contribution < 1.29 is 14.3 Å². The largest absolute Gasteiger partial charge is 0.493 e. The van der Waals surface area contributed by atoms with Crippen LogP contribution in [0.4, 0.5) is 0 Å². The molecule has 0 spiro atoms. The maximum absolute atomic E-state index is 13.2. The van der Waals surface area contributed by atoms with Gasteiger partial charge < -0.3 is 9.47 Å². The second-order valence-corrected chi connectivity index (χ2v) is 7.32. The van der Waals surface area contributed by atoms with Gasteiger partial charge in [0.25, 0.3) is 5.91 Å². The van der Waals surface area contributed by atoms with Gasteiger partial charge in [-0.25, -0.2) is 5.01 Å². The van der Waals surface area contributed by atoms with E-state index in [1.807, 2.05) is 66.0 Å². The van der Waals surface area contributed by atoms with Gasteiger partial charge in [0, 0.05) is 12.0 Å². The summed E-state index contributed by atoms with van der Waals surface area (Å²) in [4.78, 5) is 14.3. The highest BCUT2D eigenvalue weighted by atomic mass is 32.1. The summed E-state index contributed by atoms with van der Waals surface area (Å²) in [5, 5.41) is 8.31. The highest BCUT2D eigenvalue weighted by Crippen LogP contribution is 2.38. The first-order valence-corrected chi connectivity index (χ1v) is 9.81. The van der Waals surface area contributed by atoms with Crippen LogP contribution < -0.4 is 9.47 Å². The first-order valence-electron chi connectivity index (χ1n) is 8.93. The lowest BCUT2D eigenvalue weighted by Gasteiger charge is -2.23. The average molecular weight is 392 g/mol. The van der Waals surface area contributed by atoms with E-state index in [-0.39, 0.29) is 11.9 Å². The van der Waals surface area contributed by atoms with Crippen LogP contribution in [0.25, 0.3) is 0 Å². The van der Waals surface area contributed by atoms with Crippen molar-refractivity contribution in [2.75, 3.05) is 14.2 Å². The number of thiophene rings is 1. The molecule has 0 aliphatic carbocycles. The predicted octanol–water partition coefficient (Wildman–Crippen LogP) is 4.76. The minimum Gasteiger partial charge on any atom is -0.493 e. The summed E-state index contributed by atoms with van der Waals surface area (Å²) < 4.78 is 10.8. The maximum atomic E-state index is 13.2. The minimum absolute atomic E-state index is 0.119. The Morgan fingerprint density at radius 2 is 1.82 bits per heavy atom. The van der Waals surface area contributed by atoms with Gasteiger partial charge in [0.2, 0.25) is 0 Å². The Morgan fingerprint density at radius 3 is 2.50 bits per heavy atom. The number of rotatable bonds is 5. The topological polar surface area (TPSA) is 51.1 Å². The number of ether oxygens (including phenoxy) is 2. The van der Waals surface area contributed by atoms with E-state index in [0.717, 1.165) is 16.2 Å². The van der Waals surface area contributed by atoms with E-state index in [9.17, 15) is 4.79 Å². The molecule has 1 aliphatic heterocycles. The van der Waals surface area contributed by atoms with Crippen LogP contribution in [0, 0.1) is 0 Å². The zero-order valence-corrected chi connectivity index (χ0v) is 16.5.